The van der Waals surface area contributed by atoms with Gasteiger partial charge in [-0.1, -0.05) is 12.1 Å². The Kier molecular flexibility index (Phi) is 5.36. The van der Waals surface area contributed by atoms with Crippen LogP contribution in [0.4, 0.5) is 0 Å². The molecular weight excluding hydrogens is 242 g/mol. The fourth-order valence-electron chi connectivity index (χ4n) is 1.93. The Morgan fingerprint density at radius 3 is 2.53 bits per heavy atom. The van der Waals surface area contributed by atoms with Crippen LogP contribution < -0.4 is 10.5 Å². The number of carboxylic acid groups (broad SMARTS) is 1. The number of hydrogen-bond donors (Lipinski definition) is 2. The Hall–Kier alpha value is -1.55. The molecule has 0 aliphatic carbocycles. The monoisotopic (exact) mass is 265 g/mol. The molecule has 0 spiro atoms. The highest BCUT2D eigenvalue weighted by molar-refractivity contribution is 5.66. The summed E-state index contributed by atoms with van der Waals surface area (Å²) >= 11 is 0. The van der Waals surface area contributed by atoms with E-state index in [9.17, 15) is 4.79 Å². The molecule has 0 aromatic heterocycles. The molecule has 0 heterocycles. The molecule has 0 bridgehead atoms. The topological polar surface area (TPSA) is 72.6 Å². The van der Waals surface area contributed by atoms with E-state index in [1.165, 1.54) is 0 Å². The third-order valence-electron chi connectivity index (χ3n) is 3.13. The smallest absolute Gasteiger partial charge is 0.303 e. The second-order valence-electron chi connectivity index (χ2n) is 5.13. The molecule has 1 unspecified atom stereocenters. The summed E-state index contributed by atoms with van der Waals surface area (Å²) < 4.78 is 5.86. The lowest BCUT2D eigenvalue weighted by molar-refractivity contribution is -0.137. The maximum Gasteiger partial charge on any atom is 0.303 e. The van der Waals surface area contributed by atoms with E-state index in [0.29, 0.717) is 6.42 Å². The lowest BCUT2D eigenvalue weighted by atomic mass is 9.97. The number of carboxylic acids is 1. The third-order valence-corrected chi connectivity index (χ3v) is 3.13. The summed E-state index contributed by atoms with van der Waals surface area (Å²) in [7, 11) is 0. The van der Waals surface area contributed by atoms with Crippen LogP contribution in [0.3, 0.4) is 0 Å². The number of rotatable bonds is 6. The van der Waals surface area contributed by atoms with Crippen molar-refractivity contribution < 1.29 is 14.6 Å². The number of aryl methyl sites for hydroxylation is 1. The van der Waals surface area contributed by atoms with Gasteiger partial charge in [-0.3, -0.25) is 4.79 Å². The van der Waals surface area contributed by atoms with Gasteiger partial charge in [-0.05, 0) is 45.2 Å². The van der Waals surface area contributed by atoms with Crippen LogP contribution in [0.2, 0.25) is 0 Å². The van der Waals surface area contributed by atoms with Crippen LogP contribution in [-0.4, -0.2) is 17.2 Å². The molecule has 0 radical (unpaired) electrons. The molecule has 0 fully saturated rings. The molecule has 1 atom stereocenters. The maximum atomic E-state index is 10.6. The largest absolute Gasteiger partial charge is 0.490 e. The Bertz CT molecular complexity index is 455. The second-order valence-corrected chi connectivity index (χ2v) is 5.13. The van der Waals surface area contributed by atoms with Crippen molar-refractivity contribution in [1.82, 2.24) is 0 Å². The molecule has 0 saturated carbocycles. The molecule has 19 heavy (non-hydrogen) atoms. The standard InChI is InChI=1S/C15H23NO3/c1-9(2)19-15-11(4)10(3)5-6-12(15)13(16)7-8-14(17)18/h5-6,9,13H,7-8,16H2,1-4H3,(H,17,18). The van der Waals surface area contributed by atoms with E-state index in [2.05, 4.69) is 0 Å². The van der Waals surface area contributed by atoms with Crippen LogP contribution >= 0.6 is 0 Å². The van der Waals surface area contributed by atoms with Gasteiger partial charge in [-0.25, -0.2) is 0 Å². The van der Waals surface area contributed by atoms with E-state index in [1.807, 2.05) is 39.8 Å². The number of ether oxygens (including phenoxy) is 1. The van der Waals surface area contributed by atoms with Gasteiger partial charge in [0, 0.05) is 18.0 Å². The number of hydrogen-bond acceptors (Lipinski definition) is 3. The van der Waals surface area contributed by atoms with Crippen LogP contribution in [0.1, 0.15) is 49.4 Å². The van der Waals surface area contributed by atoms with Gasteiger partial charge in [-0.15, -0.1) is 0 Å². The summed E-state index contributed by atoms with van der Waals surface area (Å²) in [4.78, 5) is 10.6. The zero-order valence-electron chi connectivity index (χ0n) is 12.1. The summed E-state index contributed by atoms with van der Waals surface area (Å²) in [5, 5.41) is 8.74. The van der Waals surface area contributed by atoms with Crippen molar-refractivity contribution in [2.45, 2.75) is 52.7 Å². The molecule has 4 heteroatoms. The molecule has 0 amide bonds. The first-order chi connectivity index (χ1) is 8.82. The summed E-state index contributed by atoms with van der Waals surface area (Å²) in [5.74, 6) is -0.0292. The summed E-state index contributed by atoms with van der Waals surface area (Å²) in [6, 6.07) is 3.62. The molecule has 4 nitrogen and oxygen atoms in total. The Morgan fingerprint density at radius 2 is 2.00 bits per heavy atom. The fourth-order valence-corrected chi connectivity index (χ4v) is 1.93. The van der Waals surface area contributed by atoms with Crippen LogP contribution in [0.25, 0.3) is 0 Å². The second kappa shape index (κ2) is 6.57. The van der Waals surface area contributed by atoms with Gasteiger partial charge in [0.25, 0.3) is 0 Å². The van der Waals surface area contributed by atoms with Gasteiger partial charge >= 0.3 is 5.97 Å². The normalized spacial score (nSPS) is 12.5. The van der Waals surface area contributed by atoms with E-state index in [4.69, 9.17) is 15.6 Å². The van der Waals surface area contributed by atoms with Crippen molar-refractivity contribution in [2.75, 3.05) is 0 Å². The maximum absolute atomic E-state index is 10.6. The summed E-state index contributed by atoms with van der Waals surface area (Å²) in [5.41, 5.74) is 9.19. The van der Waals surface area contributed by atoms with E-state index in [-0.39, 0.29) is 18.6 Å². The first kappa shape index (κ1) is 15.5. The van der Waals surface area contributed by atoms with E-state index in [1.54, 1.807) is 0 Å². The van der Waals surface area contributed by atoms with Crippen LogP contribution in [0.5, 0.6) is 5.75 Å². The zero-order valence-corrected chi connectivity index (χ0v) is 12.1. The lowest BCUT2D eigenvalue weighted by Gasteiger charge is -2.21. The highest BCUT2D eigenvalue weighted by Crippen LogP contribution is 2.32. The number of carbonyl (C=O) groups is 1. The molecule has 1 aromatic rings. The number of nitrogens with two attached hydrogens (primary N) is 1. The summed E-state index contributed by atoms with van der Waals surface area (Å²) in [6.07, 6.45) is 0.535. The molecule has 106 valence electrons. The molecule has 1 rings (SSSR count). The average molecular weight is 265 g/mol. The molecule has 0 aliphatic rings. The lowest BCUT2D eigenvalue weighted by Crippen LogP contribution is -2.16. The van der Waals surface area contributed by atoms with Gasteiger partial charge in [0.15, 0.2) is 0 Å². The van der Waals surface area contributed by atoms with Crippen molar-refractivity contribution in [2.24, 2.45) is 5.73 Å². The molecular formula is C15H23NO3. The highest BCUT2D eigenvalue weighted by Gasteiger charge is 2.17. The van der Waals surface area contributed by atoms with Gasteiger partial charge in [-0.2, -0.15) is 0 Å². The minimum absolute atomic E-state index is 0.0610. The highest BCUT2D eigenvalue weighted by atomic mass is 16.5. The number of aliphatic carboxylic acids is 1. The van der Waals surface area contributed by atoms with Gasteiger partial charge < -0.3 is 15.6 Å². The molecule has 0 aliphatic heterocycles. The van der Waals surface area contributed by atoms with Crippen molar-refractivity contribution in [3.05, 3.63) is 28.8 Å². The Morgan fingerprint density at radius 1 is 1.37 bits per heavy atom. The van der Waals surface area contributed by atoms with E-state index < -0.39 is 5.97 Å². The molecule has 3 N–H and O–H groups in total. The summed E-state index contributed by atoms with van der Waals surface area (Å²) in [6.45, 7) is 7.96. The minimum atomic E-state index is -0.828. The van der Waals surface area contributed by atoms with Crippen molar-refractivity contribution in [1.29, 1.82) is 0 Å². The number of benzene rings is 1. The van der Waals surface area contributed by atoms with Gasteiger partial charge in [0.2, 0.25) is 0 Å². The predicted octanol–water partition coefficient (Wildman–Crippen LogP) is 2.96. The first-order valence-electron chi connectivity index (χ1n) is 6.57. The molecule has 1 aromatic carbocycles. The quantitative estimate of drug-likeness (QED) is 0.829. The van der Waals surface area contributed by atoms with Crippen LogP contribution in [0, 0.1) is 13.8 Å². The van der Waals surface area contributed by atoms with E-state index in [0.717, 1.165) is 22.4 Å². The predicted molar refractivity (Wildman–Crippen MR) is 75.5 cm³/mol. The minimum Gasteiger partial charge on any atom is -0.490 e. The van der Waals surface area contributed by atoms with E-state index >= 15 is 0 Å². The van der Waals surface area contributed by atoms with Crippen LogP contribution in [0.15, 0.2) is 12.1 Å². The van der Waals surface area contributed by atoms with Gasteiger partial charge in [0.05, 0.1) is 6.10 Å². The average Bonchev–Trinajstić information content (AvgIpc) is 2.31. The fraction of sp³-hybridized carbons (Fsp3) is 0.533. The van der Waals surface area contributed by atoms with Gasteiger partial charge in [0.1, 0.15) is 5.75 Å². The van der Waals surface area contributed by atoms with Crippen LogP contribution in [-0.2, 0) is 4.79 Å². The van der Waals surface area contributed by atoms with Crippen molar-refractivity contribution >= 4 is 5.97 Å². The van der Waals surface area contributed by atoms with Crippen molar-refractivity contribution in [3.8, 4) is 5.75 Å². The SMILES string of the molecule is Cc1ccc(C(N)CCC(=O)O)c(OC(C)C)c1C. The Labute approximate surface area is 114 Å². The third kappa shape index (κ3) is 4.24. The van der Waals surface area contributed by atoms with Crippen molar-refractivity contribution in [3.63, 3.8) is 0 Å². The zero-order chi connectivity index (χ0) is 14.6. The first-order valence-corrected chi connectivity index (χ1v) is 6.57. The molecule has 0 saturated heterocycles. The Balaban J connectivity index is 3.04.